The van der Waals surface area contributed by atoms with Crippen molar-refractivity contribution >= 4 is 5.91 Å². The molecule has 3 fully saturated rings. The molecule has 0 spiro atoms. The smallest absolute Gasteiger partial charge is 0.229 e. The number of nitrogens with zero attached hydrogens (tertiary/aromatic N) is 5. The number of aromatic nitrogens is 2. The van der Waals surface area contributed by atoms with Crippen LogP contribution in [0.1, 0.15) is 56.2 Å². The van der Waals surface area contributed by atoms with E-state index in [-0.39, 0.29) is 0 Å². The first-order chi connectivity index (χ1) is 12.2. The molecular weight excluding hydrogens is 318 g/mol. The summed E-state index contributed by atoms with van der Waals surface area (Å²) in [5.41, 5.74) is 0. The number of carbonyl (C=O) groups excluding carboxylic acids is 1. The summed E-state index contributed by atoms with van der Waals surface area (Å²) in [6.45, 7) is 5.68. The summed E-state index contributed by atoms with van der Waals surface area (Å²) in [7, 11) is 2.19. The highest BCUT2D eigenvalue weighted by atomic mass is 16.5. The van der Waals surface area contributed by atoms with E-state index < -0.39 is 0 Å². The van der Waals surface area contributed by atoms with Crippen molar-refractivity contribution in [3.05, 3.63) is 11.7 Å². The van der Waals surface area contributed by atoms with Gasteiger partial charge in [0.05, 0.1) is 6.54 Å². The molecule has 4 rings (SSSR count). The molecule has 138 valence electrons. The molecule has 3 aliphatic rings. The van der Waals surface area contributed by atoms with Gasteiger partial charge in [0.25, 0.3) is 0 Å². The van der Waals surface area contributed by atoms with Gasteiger partial charge in [0, 0.05) is 44.6 Å². The molecule has 7 nitrogen and oxygen atoms in total. The zero-order valence-corrected chi connectivity index (χ0v) is 15.2. The van der Waals surface area contributed by atoms with Crippen molar-refractivity contribution in [2.45, 2.75) is 57.0 Å². The first-order valence-electron chi connectivity index (χ1n) is 9.72. The molecule has 1 atom stereocenters. The zero-order chi connectivity index (χ0) is 17.2. The minimum absolute atomic E-state index is 0.322. The molecule has 1 amide bonds. The Morgan fingerprint density at radius 1 is 1.24 bits per heavy atom. The lowest BCUT2D eigenvalue weighted by molar-refractivity contribution is -0.127. The number of carbonyl (C=O) groups is 1. The van der Waals surface area contributed by atoms with Gasteiger partial charge in [0.15, 0.2) is 5.82 Å². The number of hydrogen-bond donors (Lipinski definition) is 0. The number of likely N-dealkylation sites (N-methyl/N-ethyl adjacent to an activating group) is 1. The van der Waals surface area contributed by atoms with E-state index in [0.29, 0.717) is 17.9 Å². The van der Waals surface area contributed by atoms with Crippen molar-refractivity contribution in [3.8, 4) is 0 Å². The molecular formula is C18H29N5O2. The molecule has 0 bridgehead atoms. The van der Waals surface area contributed by atoms with Crippen LogP contribution >= 0.6 is 0 Å². The van der Waals surface area contributed by atoms with Crippen molar-refractivity contribution in [3.63, 3.8) is 0 Å². The number of piperidine rings is 1. The number of amides is 1. The lowest BCUT2D eigenvalue weighted by Gasteiger charge is -2.37. The Balaban J connectivity index is 1.25. The number of hydrogen-bond acceptors (Lipinski definition) is 6. The van der Waals surface area contributed by atoms with Gasteiger partial charge in [0.1, 0.15) is 0 Å². The summed E-state index contributed by atoms with van der Waals surface area (Å²) in [6, 6.07) is 0.543. The quantitative estimate of drug-likeness (QED) is 0.744. The molecule has 0 aromatic carbocycles. The number of rotatable bonds is 7. The van der Waals surface area contributed by atoms with Gasteiger partial charge in [-0.05, 0) is 45.7 Å². The number of likely N-dealkylation sites (tertiary alicyclic amines) is 2. The maximum Gasteiger partial charge on any atom is 0.229 e. The predicted molar refractivity (Wildman–Crippen MR) is 93.0 cm³/mol. The molecule has 0 unspecified atom stereocenters. The van der Waals surface area contributed by atoms with E-state index in [9.17, 15) is 4.79 Å². The second-order valence-corrected chi connectivity index (χ2v) is 7.82. The largest absolute Gasteiger partial charge is 0.341 e. The predicted octanol–water partition coefficient (Wildman–Crippen LogP) is 1.47. The molecule has 2 saturated heterocycles. The molecule has 1 aromatic heterocycles. The first-order valence-corrected chi connectivity index (χ1v) is 9.72. The summed E-state index contributed by atoms with van der Waals surface area (Å²) < 4.78 is 5.37. The highest BCUT2D eigenvalue weighted by Crippen LogP contribution is 2.38. The molecule has 0 radical (unpaired) electrons. The Kier molecular flexibility index (Phi) is 5.03. The van der Waals surface area contributed by atoms with Crippen LogP contribution in [0.4, 0.5) is 0 Å². The van der Waals surface area contributed by atoms with Crippen molar-refractivity contribution in [2.75, 3.05) is 39.8 Å². The Labute approximate surface area is 149 Å². The van der Waals surface area contributed by atoms with E-state index in [2.05, 4.69) is 27.0 Å². The highest BCUT2D eigenvalue weighted by molar-refractivity contribution is 5.78. The van der Waals surface area contributed by atoms with Crippen LogP contribution in [0.3, 0.4) is 0 Å². The summed E-state index contributed by atoms with van der Waals surface area (Å²) >= 11 is 0. The third-order valence-electron chi connectivity index (χ3n) is 5.77. The second-order valence-electron chi connectivity index (χ2n) is 7.82. The van der Waals surface area contributed by atoms with Crippen LogP contribution in [-0.2, 0) is 11.3 Å². The van der Waals surface area contributed by atoms with E-state index in [1.807, 2.05) is 4.90 Å². The molecule has 0 N–H and O–H groups in total. The van der Waals surface area contributed by atoms with Crippen LogP contribution in [0, 0.1) is 0 Å². The Morgan fingerprint density at radius 2 is 2.12 bits per heavy atom. The SMILES string of the molecule is CN(CCN1CCCC1=O)[C@@H]1CCCN(Cc2noc(C3CC3)n2)C1. The Hall–Kier alpha value is -1.47. The van der Waals surface area contributed by atoms with Crippen LogP contribution in [0.2, 0.25) is 0 Å². The van der Waals surface area contributed by atoms with Gasteiger partial charge >= 0.3 is 0 Å². The minimum Gasteiger partial charge on any atom is -0.341 e. The normalized spacial score (nSPS) is 25.3. The van der Waals surface area contributed by atoms with Gasteiger partial charge in [-0.3, -0.25) is 9.69 Å². The van der Waals surface area contributed by atoms with Crippen molar-refractivity contribution in [1.29, 1.82) is 0 Å². The van der Waals surface area contributed by atoms with Gasteiger partial charge in [0.2, 0.25) is 11.8 Å². The van der Waals surface area contributed by atoms with Gasteiger partial charge in [-0.25, -0.2) is 0 Å². The standard InChI is InChI=1S/C18H29N5O2/c1-21(10-11-23-9-3-5-17(23)24)15-4-2-8-22(12-15)13-16-19-18(25-20-16)14-6-7-14/h14-15H,2-13H2,1H3/t15-/m1/s1. The monoisotopic (exact) mass is 347 g/mol. The summed E-state index contributed by atoms with van der Waals surface area (Å²) in [5.74, 6) is 2.50. The second kappa shape index (κ2) is 7.41. The van der Waals surface area contributed by atoms with Crippen LogP contribution in [0.25, 0.3) is 0 Å². The van der Waals surface area contributed by atoms with Crippen molar-refractivity contribution in [1.82, 2.24) is 24.8 Å². The minimum atomic E-state index is 0.322. The third kappa shape index (κ3) is 4.20. The summed E-state index contributed by atoms with van der Waals surface area (Å²) in [4.78, 5) is 23.2. The van der Waals surface area contributed by atoms with Crippen LogP contribution < -0.4 is 0 Å². The topological polar surface area (TPSA) is 65.7 Å². The maximum atomic E-state index is 11.7. The van der Waals surface area contributed by atoms with E-state index in [1.165, 1.54) is 25.7 Å². The lowest BCUT2D eigenvalue weighted by Crippen LogP contribution is -2.48. The Morgan fingerprint density at radius 3 is 2.88 bits per heavy atom. The molecule has 7 heteroatoms. The summed E-state index contributed by atoms with van der Waals surface area (Å²) in [5, 5.41) is 4.15. The van der Waals surface area contributed by atoms with Crippen LogP contribution in [0.15, 0.2) is 4.52 Å². The Bertz CT molecular complexity index is 600. The lowest BCUT2D eigenvalue weighted by atomic mass is 10.0. The van der Waals surface area contributed by atoms with Gasteiger partial charge in [-0.1, -0.05) is 5.16 Å². The van der Waals surface area contributed by atoms with Gasteiger partial charge in [-0.2, -0.15) is 4.98 Å². The molecule has 3 heterocycles. The van der Waals surface area contributed by atoms with Crippen molar-refractivity contribution in [2.24, 2.45) is 0 Å². The zero-order valence-electron chi connectivity index (χ0n) is 15.2. The molecule has 1 saturated carbocycles. The van der Waals surface area contributed by atoms with Crippen LogP contribution in [-0.4, -0.2) is 76.6 Å². The molecule has 2 aliphatic heterocycles. The highest BCUT2D eigenvalue weighted by Gasteiger charge is 2.30. The molecule has 1 aromatic rings. The fourth-order valence-electron chi connectivity index (χ4n) is 3.96. The molecule has 25 heavy (non-hydrogen) atoms. The average molecular weight is 347 g/mol. The van der Waals surface area contributed by atoms with Crippen LogP contribution in [0.5, 0.6) is 0 Å². The first kappa shape index (κ1) is 17.0. The van der Waals surface area contributed by atoms with E-state index in [1.54, 1.807) is 0 Å². The van der Waals surface area contributed by atoms with E-state index in [0.717, 1.165) is 63.8 Å². The fraction of sp³-hybridized carbons (Fsp3) is 0.833. The fourth-order valence-corrected chi connectivity index (χ4v) is 3.96. The molecule has 1 aliphatic carbocycles. The third-order valence-corrected chi connectivity index (χ3v) is 5.77. The summed E-state index contributed by atoms with van der Waals surface area (Å²) in [6.07, 6.45) is 6.56. The van der Waals surface area contributed by atoms with Crippen molar-refractivity contribution < 1.29 is 9.32 Å². The average Bonchev–Trinajstić information content (AvgIpc) is 3.23. The maximum absolute atomic E-state index is 11.7. The van der Waals surface area contributed by atoms with Gasteiger partial charge < -0.3 is 14.3 Å². The van der Waals surface area contributed by atoms with Gasteiger partial charge in [-0.15, -0.1) is 0 Å². The van der Waals surface area contributed by atoms with E-state index in [4.69, 9.17) is 4.52 Å². The van der Waals surface area contributed by atoms with E-state index >= 15 is 0 Å².